The third kappa shape index (κ3) is 7.39. The van der Waals surface area contributed by atoms with Gasteiger partial charge in [-0.25, -0.2) is 9.78 Å². The normalized spacial score (nSPS) is 11.4. The average Bonchev–Trinajstić information content (AvgIpc) is 2.69. The summed E-state index contributed by atoms with van der Waals surface area (Å²) in [6, 6.07) is 0. The van der Waals surface area contributed by atoms with E-state index in [-0.39, 0.29) is 0 Å². The minimum Gasteiger partial charge on any atom is -0.444 e. The van der Waals surface area contributed by atoms with Crippen LogP contribution in [0.1, 0.15) is 26.5 Å². The molecular formula is C12H20N2O3S2. The maximum atomic E-state index is 11.5. The van der Waals surface area contributed by atoms with Crippen LogP contribution in [0.3, 0.4) is 0 Å². The topological polar surface area (TPSA) is 60.5 Å². The van der Waals surface area contributed by atoms with E-state index >= 15 is 0 Å². The zero-order valence-electron chi connectivity index (χ0n) is 11.7. The number of nitrogens with zero attached hydrogens (tertiary/aromatic N) is 1. The van der Waals surface area contributed by atoms with Crippen molar-refractivity contribution in [1.29, 1.82) is 0 Å². The van der Waals surface area contributed by atoms with Gasteiger partial charge in [-0.15, -0.1) is 11.3 Å². The molecule has 0 aliphatic rings. The molecule has 19 heavy (non-hydrogen) atoms. The molecule has 0 bridgehead atoms. The summed E-state index contributed by atoms with van der Waals surface area (Å²) in [7, 11) is 0. The van der Waals surface area contributed by atoms with Crippen LogP contribution < -0.4 is 5.32 Å². The van der Waals surface area contributed by atoms with Crippen molar-refractivity contribution >= 4 is 34.3 Å². The second-order valence-corrected chi connectivity index (χ2v) is 6.66. The van der Waals surface area contributed by atoms with Crippen molar-refractivity contribution in [2.24, 2.45) is 0 Å². The zero-order valence-corrected chi connectivity index (χ0v) is 13.3. The van der Waals surface area contributed by atoms with Crippen LogP contribution in [0.4, 0.5) is 9.93 Å². The lowest BCUT2D eigenvalue weighted by molar-refractivity contribution is 0.0636. The second kappa shape index (κ2) is 7.72. The summed E-state index contributed by atoms with van der Waals surface area (Å²) < 4.78 is 10.6. The molecule has 0 radical (unpaired) electrons. The number of carbonyl (C=O) groups is 1. The molecule has 0 atom stereocenters. The predicted octanol–water partition coefficient (Wildman–Crippen LogP) is 3.37. The number of hydrogen-bond acceptors (Lipinski definition) is 6. The fourth-order valence-corrected chi connectivity index (χ4v) is 2.11. The maximum Gasteiger partial charge on any atom is 0.413 e. The highest BCUT2D eigenvalue weighted by molar-refractivity contribution is 7.98. The molecule has 0 unspecified atom stereocenters. The molecule has 0 aromatic carbocycles. The van der Waals surface area contributed by atoms with Crippen molar-refractivity contribution in [2.45, 2.75) is 33.0 Å². The number of hydrogen-bond donors (Lipinski definition) is 1. The molecule has 1 N–H and O–H groups in total. The Bertz CT molecular complexity index is 402. The van der Waals surface area contributed by atoms with E-state index in [0.29, 0.717) is 18.3 Å². The summed E-state index contributed by atoms with van der Waals surface area (Å²) in [5.74, 6) is 0.965. The molecular weight excluding hydrogens is 284 g/mol. The second-order valence-electron chi connectivity index (χ2n) is 4.82. The Hall–Kier alpha value is -0.790. The number of amides is 1. The molecule has 1 aromatic heterocycles. The first-order valence-corrected chi connectivity index (χ1v) is 8.19. The fourth-order valence-electron chi connectivity index (χ4n) is 1.14. The molecule has 0 aliphatic carbocycles. The Morgan fingerprint density at radius 1 is 1.53 bits per heavy atom. The Kier molecular flexibility index (Phi) is 6.60. The van der Waals surface area contributed by atoms with Gasteiger partial charge in [-0.1, -0.05) is 0 Å². The summed E-state index contributed by atoms with van der Waals surface area (Å²) in [4.78, 5) is 15.8. The molecule has 5 nitrogen and oxygen atoms in total. The molecule has 1 rings (SSSR count). The lowest BCUT2D eigenvalue weighted by Gasteiger charge is -2.18. The van der Waals surface area contributed by atoms with Crippen LogP contribution in [0.5, 0.6) is 0 Å². The monoisotopic (exact) mass is 304 g/mol. The quantitative estimate of drug-likeness (QED) is 0.816. The van der Waals surface area contributed by atoms with Gasteiger partial charge < -0.3 is 9.47 Å². The predicted molar refractivity (Wildman–Crippen MR) is 80.0 cm³/mol. The SMILES string of the molecule is CSCCOCc1csc(NC(=O)OC(C)(C)C)n1. The highest BCUT2D eigenvalue weighted by atomic mass is 32.2. The van der Waals surface area contributed by atoms with Crippen molar-refractivity contribution in [3.05, 3.63) is 11.1 Å². The standard InChI is InChI=1S/C12H20N2O3S2/c1-12(2,3)17-11(15)14-10-13-9(8-19-10)7-16-5-6-18-4/h8H,5-7H2,1-4H3,(H,13,14,15). The van der Waals surface area contributed by atoms with E-state index in [1.165, 1.54) is 11.3 Å². The minimum absolute atomic E-state index is 0.465. The first-order chi connectivity index (χ1) is 8.90. The Morgan fingerprint density at radius 3 is 2.89 bits per heavy atom. The van der Waals surface area contributed by atoms with Gasteiger partial charge in [0.15, 0.2) is 5.13 Å². The van der Waals surface area contributed by atoms with Gasteiger partial charge in [0.1, 0.15) is 5.60 Å². The van der Waals surface area contributed by atoms with Crippen LogP contribution in [-0.4, -0.2) is 35.3 Å². The molecule has 0 aliphatic heterocycles. The number of thioether (sulfide) groups is 1. The number of aromatic nitrogens is 1. The van der Waals surface area contributed by atoms with Gasteiger partial charge in [0.25, 0.3) is 0 Å². The minimum atomic E-state index is -0.509. The van der Waals surface area contributed by atoms with Crippen molar-refractivity contribution in [3.8, 4) is 0 Å². The molecule has 0 fully saturated rings. The highest BCUT2D eigenvalue weighted by Gasteiger charge is 2.17. The van der Waals surface area contributed by atoms with Crippen LogP contribution in [0.25, 0.3) is 0 Å². The highest BCUT2D eigenvalue weighted by Crippen LogP contribution is 2.17. The molecule has 7 heteroatoms. The summed E-state index contributed by atoms with van der Waals surface area (Å²) in [5.41, 5.74) is 0.308. The number of carbonyl (C=O) groups excluding carboxylic acids is 1. The first kappa shape index (κ1) is 16.3. The summed E-state index contributed by atoms with van der Waals surface area (Å²) >= 11 is 3.10. The lowest BCUT2D eigenvalue weighted by Crippen LogP contribution is -2.27. The van der Waals surface area contributed by atoms with E-state index in [4.69, 9.17) is 9.47 Å². The van der Waals surface area contributed by atoms with Gasteiger partial charge in [-0.2, -0.15) is 11.8 Å². The van der Waals surface area contributed by atoms with Gasteiger partial charge >= 0.3 is 6.09 Å². The van der Waals surface area contributed by atoms with E-state index in [0.717, 1.165) is 11.4 Å². The molecule has 0 spiro atoms. The van der Waals surface area contributed by atoms with Crippen molar-refractivity contribution in [2.75, 3.05) is 23.9 Å². The third-order valence-corrected chi connectivity index (χ3v) is 3.22. The number of ether oxygens (including phenoxy) is 2. The van der Waals surface area contributed by atoms with Crippen molar-refractivity contribution < 1.29 is 14.3 Å². The van der Waals surface area contributed by atoms with Crippen LogP contribution in [0, 0.1) is 0 Å². The Morgan fingerprint density at radius 2 is 2.26 bits per heavy atom. The number of nitrogens with one attached hydrogen (secondary N) is 1. The summed E-state index contributed by atoms with van der Waals surface area (Å²) in [5, 5.41) is 5.00. The molecule has 108 valence electrons. The lowest BCUT2D eigenvalue weighted by atomic mass is 10.2. The van der Waals surface area contributed by atoms with Crippen LogP contribution in [0.15, 0.2) is 5.38 Å². The fraction of sp³-hybridized carbons (Fsp3) is 0.667. The average molecular weight is 304 g/mol. The van der Waals surface area contributed by atoms with Crippen LogP contribution in [0.2, 0.25) is 0 Å². The summed E-state index contributed by atoms with van der Waals surface area (Å²) in [6.07, 6.45) is 1.55. The van der Waals surface area contributed by atoms with Gasteiger partial charge in [-0.05, 0) is 27.0 Å². The number of anilines is 1. The van der Waals surface area contributed by atoms with E-state index < -0.39 is 11.7 Å². The number of thiazole rings is 1. The van der Waals surface area contributed by atoms with Crippen molar-refractivity contribution in [3.63, 3.8) is 0 Å². The van der Waals surface area contributed by atoms with Gasteiger partial charge in [-0.3, -0.25) is 5.32 Å². The Labute approximate surface area is 122 Å². The zero-order chi connectivity index (χ0) is 14.3. The van der Waals surface area contributed by atoms with Gasteiger partial charge in [0.2, 0.25) is 0 Å². The molecule has 1 heterocycles. The smallest absolute Gasteiger partial charge is 0.413 e. The Balaban J connectivity index is 2.36. The van der Waals surface area contributed by atoms with Gasteiger partial charge in [0, 0.05) is 11.1 Å². The summed E-state index contributed by atoms with van der Waals surface area (Å²) in [6.45, 7) is 6.62. The van der Waals surface area contributed by atoms with Crippen molar-refractivity contribution in [1.82, 2.24) is 4.98 Å². The number of rotatable bonds is 6. The maximum absolute atomic E-state index is 11.5. The third-order valence-electron chi connectivity index (χ3n) is 1.84. The molecule has 1 amide bonds. The van der Waals surface area contributed by atoms with Crippen LogP contribution >= 0.6 is 23.1 Å². The largest absolute Gasteiger partial charge is 0.444 e. The molecule has 1 aromatic rings. The van der Waals surface area contributed by atoms with Gasteiger partial charge in [0.05, 0.1) is 18.9 Å². The van der Waals surface area contributed by atoms with E-state index in [1.54, 1.807) is 11.8 Å². The van der Waals surface area contributed by atoms with E-state index in [2.05, 4.69) is 10.3 Å². The first-order valence-electron chi connectivity index (χ1n) is 5.92. The molecule has 0 saturated heterocycles. The van der Waals surface area contributed by atoms with E-state index in [1.807, 2.05) is 32.4 Å². The van der Waals surface area contributed by atoms with E-state index in [9.17, 15) is 4.79 Å². The molecule has 0 saturated carbocycles. The van der Waals surface area contributed by atoms with Crippen LogP contribution in [-0.2, 0) is 16.1 Å².